The molecule has 176 valence electrons. The number of aromatic nitrogens is 1. The fourth-order valence-electron chi connectivity index (χ4n) is 3.85. The number of benzene rings is 2. The summed E-state index contributed by atoms with van der Waals surface area (Å²) in [6, 6.07) is 17.1. The molecule has 1 amide bonds. The molecule has 0 bridgehead atoms. The summed E-state index contributed by atoms with van der Waals surface area (Å²) in [5.74, 6) is 5.44. The number of nitrogens with zero attached hydrogens (tertiary/aromatic N) is 1. The van der Waals surface area contributed by atoms with E-state index in [0.29, 0.717) is 24.2 Å². The normalized spacial score (nSPS) is 14.6. The molecule has 1 saturated carbocycles. The second-order valence-electron chi connectivity index (χ2n) is 8.56. The Balaban J connectivity index is 1.33. The summed E-state index contributed by atoms with van der Waals surface area (Å²) >= 11 is 1.49. The van der Waals surface area contributed by atoms with Gasteiger partial charge in [0.05, 0.1) is 0 Å². The molecule has 1 aliphatic carbocycles. The van der Waals surface area contributed by atoms with E-state index in [0.717, 1.165) is 26.1 Å². The number of hydrogen-bond donors (Lipinski definition) is 2. The number of rotatable bonds is 5. The predicted molar refractivity (Wildman–Crippen MR) is 133 cm³/mol. The number of carbonyl (C=O) groups is 2. The van der Waals surface area contributed by atoms with Crippen LogP contribution in [0.3, 0.4) is 0 Å². The molecule has 2 N–H and O–H groups in total. The Kier molecular flexibility index (Phi) is 5.79. The molecule has 0 spiro atoms. The summed E-state index contributed by atoms with van der Waals surface area (Å²) in [4.78, 5) is 25.0. The van der Waals surface area contributed by atoms with Gasteiger partial charge >= 0.3 is 12.1 Å². The number of aryl methyl sites for hydroxylation is 1. The highest BCUT2D eigenvalue weighted by Gasteiger charge is 2.52. The van der Waals surface area contributed by atoms with Gasteiger partial charge in [-0.3, -0.25) is 10.1 Å². The highest BCUT2D eigenvalue weighted by atomic mass is 32.1. The summed E-state index contributed by atoms with van der Waals surface area (Å²) in [6.45, 7) is 3.50. The molecule has 7 nitrogen and oxygen atoms in total. The summed E-state index contributed by atoms with van der Waals surface area (Å²) in [5.41, 5.74) is 1.75. The zero-order valence-electron chi connectivity index (χ0n) is 19.1. The Morgan fingerprint density at radius 1 is 1.17 bits per heavy atom. The van der Waals surface area contributed by atoms with Crippen molar-refractivity contribution in [1.29, 1.82) is 0 Å². The molecule has 1 aliphatic rings. The molecule has 1 unspecified atom stereocenters. The van der Waals surface area contributed by atoms with Crippen LogP contribution in [0.15, 0.2) is 59.1 Å². The molecule has 35 heavy (non-hydrogen) atoms. The number of carboxylic acids is 1. The second kappa shape index (κ2) is 8.93. The number of carbonyl (C=O) groups excluding carboxylic acids is 1. The lowest BCUT2D eigenvalue weighted by Crippen LogP contribution is -2.17. The molecule has 4 aromatic rings. The van der Waals surface area contributed by atoms with Gasteiger partial charge in [0.1, 0.15) is 22.9 Å². The van der Waals surface area contributed by atoms with Gasteiger partial charge in [-0.25, -0.2) is 4.79 Å². The lowest BCUT2D eigenvalue weighted by molar-refractivity contribution is -0.139. The average Bonchev–Trinajstić information content (AvgIpc) is 3.46. The van der Waals surface area contributed by atoms with Gasteiger partial charge in [-0.15, -0.1) is 11.3 Å². The van der Waals surface area contributed by atoms with E-state index >= 15 is 0 Å². The maximum atomic E-state index is 12.5. The monoisotopic (exact) mass is 486 g/mol. The first-order chi connectivity index (χ1) is 16.9. The first-order valence-corrected chi connectivity index (χ1v) is 12.0. The van der Waals surface area contributed by atoms with Crippen molar-refractivity contribution in [1.82, 2.24) is 5.16 Å². The van der Waals surface area contributed by atoms with Crippen LogP contribution >= 0.6 is 11.3 Å². The smallest absolute Gasteiger partial charge is 0.412 e. The quantitative estimate of drug-likeness (QED) is 0.334. The fraction of sp³-hybridized carbons (Fsp3) is 0.222. The molecule has 1 atom stereocenters. The first kappa shape index (κ1) is 22.7. The molecule has 8 heteroatoms. The average molecular weight is 487 g/mol. The minimum Gasteiger partial charge on any atom is -0.481 e. The van der Waals surface area contributed by atoms with Crippen molar-refractivity contribution in [3.8, 4) is 11.8 Å². The van der Waals surface area contributed by atoms with E-state index < -0.39 is 23.6 Å². The minimum absolute atomic E-state index is 0.224. The maximum absolute atomic E-state index is 12.5. The van der Waals surface area contributed by atoms with Crippen LogP contribution in [0.1, 0.15) is 53.3 Å². The van der Waals surface area contributed by atoms with Gasteiger partial charge < -0.3 is 14.4 Å². The lowest BCUT2D eigenvalue weighted by Gasteiger charge is -2.13. The lowest BCUT2D eigenvalue weighted by atomic mass is 10.0. The highest BCUT2D eigenvalue weighted by Crippen LogP contribution is 2.51. The van der Waals surface area contributed by atoms with E-state index in [1.165, 1.54) is 11.3 Å². The number of aliphatic carboxylic acids is 1. The van der Waals surface area contributed by atoms with Crippen LogP contribution in [0, 0.1) is 18.8 Å². The number of nitrogens with one attached hydrogen (secondary N) is 1. The van der Waals surface area contributed by atoms with Crippen molar-refractivity contribution in [3.63, 3.8) is 0 Å². The number of amides is 1. The highest BCUT2D eigenvalue weighted by molar-refractivity contribution is 7.19. The number of hydrogen-bond acceptors (Lipinski definition) is 6. The number of fused-ring (bicyclic) bond motifs is 1. The fourth-order valence-corrected chi connectivity index (χ4v) is 5.19. The van der Waals surface area contributed by atoms with Crippen LogP contribution in [-0.2, 0) is 14.9 Å². The number of anilines is 1. The molecule has 1 fully saturated rings. The van der Waals surface area contributed by atoms with Gasteiger partial charge in [0.25, 0.3) is 0 Å². The molecular weight excluding hydrogens is 464 g/mol. The van der Waals surface area contributed by atoms with Crippen LogP contribution in [0.4, 0.5) is 10.5 Å². The third-order valence-corrected chi connectivity index (χ3v) is 7.42. The maximum Gasteiger partial charge on any atom is 0.412 e. The van der Waals surface area contributed by atoms with E-state index in [1.807, 2.05) is 54.6 Å². The van der Waals surface area contributed by atoms with Gasteiger partial charge in [-0.2, -0.15) is 0 Å². The van der Waals surface area contributed by atoms with Gasteiger partial charge in [-0.05, 0) is 61.8 Å². The van der Waals surface area contributed by atoms with Crippen LogP contribution in [0.2, 0.25) is 0 Å². The molecule has 0 radical (unpaired) electrons. The standard InChI is InChI=1S/C27H22N2O5S/c1-16-24(28-26(32)33-17(2)19-6-4-3-5-7-19)21(34-29-16)11-9-18-8-10-20-15-23(35-22(20)14-18)27(12-13-27)25(30)31/h3-8,10,14-15,17H,12-13H2,1-2H3,(H,28,32)(H,30,31). The zero-order chi connectivity index (χ0) is 24.6. The molecule has 5 rings (SSSR count). The molecule has 2 heterocycles. The molecule has 0 saturated heterocycles. The molecular formula is C27H22N2O5S. The summed E-state index contributed by atoms with van der Waals surface area (Å²) in [6.07, 6.45) is 0.296. The van der Waals surface area contributed by atoms with E-state index in [9.17, 15) is 14.7 Å². The van der Waals surface area contributed by atoms with Crippen LogP contribution in [0.5, 0.6) is 0 Å². The summed E-state index contributed by atoms with van der Waals surface area (Å²) in [7, 11) is 0. The van der Waals surface area contributed by atoms with Crippen LogP contribution < -0.4 is 5.32 Å². The zero-order valence-corrected chi connectivity index (χ0v) is 19.9. The van der Waals surface area contributed by atoms with E-state index in [-0.39, 0.29) is 5.76 Å². The summed E-state index contributed by atoms with van der Waals surface area (Å²) < 4.78 is 11.8. The van der Waals surface area contributed by atoms with Gasteiger partial charge in [0, 0.05) is 15.1 Å². The van der Waals surface area contributed by atoms with Crippen molar-refractivity contribution in [2.75, 3.05) is 5.32 Å². The number of ether oxygens (including phenoxy) is 1. The predicted octanol–water partition coefficient (Wildman–Crippen LogP) is 6.02. The van der Waals surface area contributed by atoms with Crippen molar-refractivity contribution in [2.45, 2.75) is 38.2 Å². The Hall–Kier alpha value is -4.09. The second-order valence-corrected chi connectivity index (χ2v) is 9.64. The van der Waals surface area contributed by atoms with Gasteiger partial charge in [0.2, 0.25) is 5.76 Å². The third kappa shape index (κ3) is 4.51. The van der Waals surface area contributed by atoms with Crippen molar-refractivity contribution in [3.05, 3.63) is 82.1 Å². The van der Waals surface area contributed by atoms with E-state index in [4.69, 9.17) is 9.26 Å². The Bertz CT molecular complexity index is 1490. The van der Waals surface area contributed by atoms with E-state index in [1.54, 1.807) is 13.8 Å². The van der Waals surface area contributed by atoms with Crippen LogP contribution in [0.25, 0.3) is 10.1 Å². The van der Waals surface area contributed by atoms with E-state index in [2.05, 4.69) is 22.3 Å². The Morgan fingerprint density at radius 2 is 1.94 bits per heavy atom. The van der Waals surface area contributed by atoms with Gasteiger partial charge in [-0.1, -0.05) is 47.5 Å². The summed E-state index contributed by atoms with van der Waals surface area (Å²) in [5, 5.41) is 17.2. The van der Waals surface area contributed by atoms with Crippen molar-refractivity contribution < 1.29 is 24.0 Å². The Labute approximate surface area is 205 Å². The molecule has 2 aromatic heterocycles. The van der Waals surface area contributed by atoms with Crippen molar-refractivity contribution in [2.24, 2.45) is 0 Å². The number of thiophene rings is 1. The first-order valence-electron chi connectivity index (χ1n) is 11.1. The van der Waals surface area contributed by atoms with Crippen LogP contribution in [-0.4, -0.2) is 22.3 Å². The Morgan fingerprint density at radius 3 is 2.66 bits per heavy atom. The molecule has 0 aliphatic heterocycles. The molecule has 2 aromatic carbocycles. The number of carboxylic acid groups (broad SMARTS) is 1. The topological polar surface area (TPSA) is 102 Å². The van der Waals surface area contributed by atoms with Crippen molar-refractivity contribution >= 4 is 39.2 Å². The minimum atomic E-state index is -0.763. The SMILES string of the molecule is Cc1noc(C#Cc2ccc3cc(C4(C(=O)O)CC4)sc3c2)c1NC(=O)OC(C)c1ccccc1. The third-order valence-electron chi connectivity index (χ3n) is 6.11. The van der Waals surface area contributed by atoms with Gasteiger partial charge in [0.15, 0.2) is 0 Å². The largest absolute Gasteiger partial charge is 0.481 e.